The average molecular weight is 277 g/mol. The van der Waals surface area contributed by atoms with Crippen molar-refractivity contribution < 1.29 is 9.21 Å². The zero-order valence-electron chi connectivity index (χ0n) is 11.8. The third kappa shape index (κ3) is 2.78. The van der Waals surface area contributed by atoms with Crippen molar-refractivity contribution in [3.63, 3.8) is 0 Å². The van der Waals surface area contributed by atoms with Crippen molar-refractivity contribution in [3.05, 3.63) is 41.1 Å². The van der Waals surface area contributed by atoms with Gasteiger partial charge < -0.3 is 8.98 Å². The topological polar surface area (TPSA) is 35.1 Å². The first kappa shape index (κ1) is 14.0. The van der Waals surface area contributed by atoms with Gasteiger partial charge in [0.1, 0.15) is 5.76 Å². The van der Waals surface area contributed by atoms with E-state index in [-0.39, 0.29) is 5.78 Å². The van der Waals surface area contributed by atoms with Crippen LogP contribution in [0.2, 0.25) is 0 Å². The minimum atomic E-state index is 0.179. The van der Waals surface area contributed by atoms with Crippen molar-refractivity contribution >= 4 is 17.5 Å². The molecule has 0 aliphatic carbocycles. The van der Waals surface area contributed by atoms with Crippen molar-refractivity contribution in [2.75, 3.05) is 5.75 Å². The van der Waals surface area contributed by atoms with Gasteiger partial charge in [-0.1, -0.05) is 0 Å². The second-order valence-electron chi connectivity index (χ2n) is 4.58. The molecular formula is C15H19NO2S. The zero-order chi connectivity index (χ0) is 14.0. The first-order valence-electron chi connectivity index (χ1n) is 6.41. The molecule has 4 heteroatoms. The van der Waals surface area contributed by atoms with Crippen LogP contribution in [0.5, 0.6) is 0 Å². The molecule has 0 saturated carbocycles. The molecule has 0 fully saturated rings. The molecule has 0 aliphatic rings. The number of rotatable bonds is 5. The fourth-order valence-electron chi connectivity index (χ4n) is 2.31. The maximum Gasteiger partial charge on any atom is 0.174 e. The number of furan rings is 1. The van der Waals surface area contributed by atoms with E-state index in [0.29, 0.717) is 5.75 Å². The number of thioether (sulfide) groups is 1. The van der Waals surface area contributed by atoms with E-state index in [1.165, 1.54) is 11.8 Å². The highest BCUT2D eigenvalue weighted by Crippen LogP contribution is 2.25. The molecule has 0 bridgehead atoms. The first-order chi connectivity index (χ1) is 9.04. The van der Waals surface area contributed by atoms with Crippen molar-refractivity contribution in [3.8, 4) is 0 Å². The predicted molar refractivity (Wildman–Crippen MR) is 78.1 cm³/mol. The molecule has 0 saturated heterocycles. The van der Waals surface area contributed by atoms with Gasteiger partial charge in [-0.2, -0.15) is 0 Å². The number of hydrogen-bond donors (Lipinski definition) is 0. The van der Waals surface area contributed by atoms with E-state index in [9.17, 15) is 4.79 Å². The Morgan fingerprint density at radius 1 is 1.37 bits per heavy atom. The summed E-state index contributed by atoms with van der Waals surface area (Å²) in [6, 6.07) is 3.90. The lowest BCUT2D eigenvalue weighted by atomic mass is 10.2. The number of carbonyl (C=O) groups excluding carboxylic acids is 1. The molecule has 19 heavy (non-hydrogen) atoms. The second kappa shape index (κ2) is 5.70. The van der Waals surface area contributed by atoms with E-state index in [4.69, 9.17) is 4.42 Å². The highest BCUT2D eigenvalue weighted by Gasteiger charge is 2.15. The summed E-state index contributed by atoms with van der Waals surface area (Å²) >= 11 is 1.54. The van der Waals surface area contributed by atoms with Gasteiger partial charge in [-0.3, -0.25) is 4.79 Å². The highest BCUT2D eigenvalue weighted by molar-refractivity contribution is 8.00. The summed E-state index contributed by atoms with van der Waals surface area (Å²) in [5, 5.41) is 0. The van der Waals surface area contributed by atoms with Crippen LogP contribution in [0.1, 0.15) is 34.4 Å². The molecule has 3 nitrogen and oxygen atoms in total. The molecule has 0 amide bonds. The third-order valence-electron chi connectivity index (χ3n) is 3.36. The standard InChI is InChI=1S/C15H19NO2S/c1-5-16-10(2)8-13(11(16)3)14(17)9-19-15-6-7-18-12(15)4/h6-8H,5,9H2,1-4H3. The molecule has 0 spiro atoms. The lowest BCUT2D eigenvalue weighted by Crippen LogP contribution is -2.05. The van der Waals surface area contributed by atoms with E-state index in [0.717, 1.165) is 34.2 Å². The van der Waals surface area contributed by atoms with Crippen LogP contribution < -0.4 is 0 Å². The normalized spacial score (nSPS) is 10.9. The van der Waals surface area contributed by atoms with Crippen LogP contribution in [-0.4, -0.2) is 16.1 Å². The summed E-state index contributed by atoms with van der Waals surface area (Å²) < 4.78 is 7.40. The minimum Gasteiger partial charge on any atom is -0.468 e. The molecule has 0 aliphatic heterocycles. The Kier molecular flexibility index (Phi) is 4.20. The van der Waals surface area contributed by atoms with Crippen molar-refractivity contribution in [1.82, 2.24) is 4.57 Å². The van der Waals surface area contributed by atoms with E-state index in [1.54, 1.807) is 6.26 Å². The monoisotopic (exact) mass is 277 g/mol. The number of ketones is 1. The van der Waals surface area contributed by atoms with Crippen LogP contribution in [-0.2, 0) is 6.54 Å². The Morgan fingerprint density at radius 3 is 2.63 bits per heavy atom. The fourth-order valence-corrected chi connectivity index (χ4v) is 3.16. The number of aromatic nitrogens is 1. The number of nitrogens with zero attached hydrogens (tertiary/aromatic N) is 1. The molecule has 0 radical (unpaired) electrons. The van der Waals surface area contributed by atoms with Crippen molar-refractivity contribution in [1.29, 1.82) is 0 Å². The van der Waals surface area contributed by atoms with Crippen molar-refractivity contribution in [2.24, 2.45) is 0 Å². The molecule has 0 atom stereocenters. The van der Waals surface area contributed by atoms with Crippen LogP contribution in [0.25, 0.3) is 0 Å². The molecule has 2 rings (SSSR count). The second-order valence-corrected chi connectivity index (χ2v) is 5.60. The fraction of sp³-hybridized carbons (Fsp3) is 0.400. The third-order valence-corrected chi connectivity index (χ3v) is 4.50. The maximum absolute atomic E-state index is 12.3. The Morgan fingerprint density at radius 2 is 2.11 bits per heavy atom. The van der Waals surface area contributed by atoms with Gasteiger partial charge in [0.25, 0.3) is 0 Å². The Bertz CT molecular complexity index is 595. The largest absolute Gasteiger partial charge is 0.468 e. The molecular weight excluding hydrogens is 258 g/mol. The molecule has 0 unspecified atom stereocenters. The molecule has 102 valence electrons. The summed E-state index contributed by atoms with van der Waals surface area (Å²) in [6.45, 7) is 8.96. The Balaban J connectivity index is 2.10. The van der Waals surface area contributed by atoms with Gasteiger partial charge in [0, 0.05) is 28.4 Å². The molecule has 0 aromatic carbocycles. The summed E-state index contributed by atoms with van der Waals surface area (Å²) in [7, 11) is 0. The number of aryl methyl sites for hydroxylation is 2. The molecule has 2 aromatic rings. The van der Waals surface area contributed by atoms with Gasteiger partial charge in [-0.25, -0.2) is 0 Å². The predicted octanol–water partition coefficient (Wildman–Crippen LogP) is 4.00. The number of hydrogen-bond acceptors (Lipinski definition) is 3. The van der Waals surface area contributed by atoms with E-state index < -0.39 is 0 Å². The highest BCUT2D eigenvalue weighted by atomic mass is 32.2. The average Bonchev–Trinajstić information content (AvgIpc) is 2.90. The smallest absolute Gasteiger partial charge is 0.174 e. The minimum absolute atomic E-state index is 0.179. The summed E-state index contributed by atoms with van der Waals surface area (Å²) in [6.07, 6.45) is 1.66. The van der Waals surface area contributed by atoms with Gasteiger partial charge in [-0.15, -0.1) is 11.8 Å². The number of Topliss-reactive ketones (excluding diaryl/α,β-unsaturated/α-hetero) is 1. The van der Waals surface area contributed by atoms with Gasteiger partial charge in [0.15, 0.2) is 5.78 Å². The van der Waals surface area contributed by atoms with Crippen LogP contribution in [0, 0.1) is 20.8 Å². The van der Waals surface area contributed by atoms with E-state index in [1.807, 2.05) is 32.9 Å². The molecule has 2 heterocycles. The van der Waals surface area contributed by atoms with Crippen LogP contribution in [0.3, 0.4) is 0 Å². The maximum atomic E-state index is 12.3. The summed E-state index contributed by atoms with van der Waals surface area (Å²) in [5.74, 6) is 1.50. The van der Waals surface area contributed by atoms with E-state index in [2.05, 4.69) is 11.5 Å². The van der Waals surface area contributed by atoms with Crippen LogP contribution in [0.15, 0.2) is 27.7 Å². The molecule has 2 aromatic heterocycles. The zero-order valence-corrected chi connectivity index (χ0v) is 12.6. The van der Waals surface area contributed by atoms with Gasteiger partial charge in [0.05, 0.1) is 12.0 Å². The Labute approximate surface area is 118 Å². The van der Waals surface area contributed by atoms with Crippen molar-refractivity contribution in [2.45, 2.75) is 39.1 Å². The first-order valence-corrected chi connectivity index (χ1v) is 7.40. The SMILES string of the molecule is CCn1c(C)cc(C(=O)CSc2ccoc2C)c1C. The van der Waals surface area contributed by atoms with Crippen LogP contribution >= 0.6 is 11.8 Å². The quantitative estimate of drug-likeness (QED) is 0.612. The summed E-state index contributed by atoms with van der Waals surface area (Å²) in [5.41, 5.74) is 3.05. The van der Waals surface area contributed by atoms with E-state index >= 15 is 0 Å². The lowest BCUT2D eigenvalue weighted by Gasteiger charge is -2.05. The van der Waals surface area contributed by atoms with Gasteiger partial charge in [-0.05, 0) is 39.8 Å². The summed E-state index contributed by atoms with van der Waals surface area (Å²) in [4.78, 5) is 13.3. The Hall–Kier alpha value is -1.42. The lowest BCUT2D eigenvalue weighted by molar-refractivity contribution is 0.102. The van der Waals surface area contributed by atoms with Gasteiger partial charge >= 0.3 is 0 Å². The van der Waals surface area contributed by atoms with Gasteiger partial charge in [0.2, 0.25) is 0 Å². The van der Waals surface area contributed by atoms with Crippen LogP contribution in [0.4, 0.5) is 0 Å². The molecule has 0 N–H and O–H groups in total. The number of carbonyl (C=O) groups is 1.